The third-order valence-electron chi connectivity index (χ3n) is 2.85. The number of hydrogen-bond donors (Lipinski definition) is 2. The number of aromatic nitrogens is 2. The van der Waals surface area contributed by atoms with Crippen molar-refractivity contribution in [2.75, 3.05) is 5.32 Å². The summed E-state index contributed by atoms with van der Waals surface area (Å²) in [6.07, 6.45) is 2.11. The van der Waals surface area contributed by atoms with Gasteiger partial charge in [0.2, 0.25) is 0 Å². The maximum absolute atomic E-state index is 13.8. The molecule has 0 spiro atoms. The Morgan fingerprint density at radius 2 is 2.24 bits per heavy atom. The number of anilines is 1. The standard InChI is InChI=1S/C12H12FN3O/c1-6-14-10-5-9(13)11(16-7-2-3-7)4-8(10)12(17)15-6/h4-5,7,16H,2-3H2,1H3,(H,14,15,17). The number of benzene rings is 1. The smallest absolute Gasteiger partial charge is 0.258 e. The van der Waals surface area contributed by atoms with Crippen LogP contribution in [-0.2, 0) is 0 Å². The van der Waals surface area contributed by atoms with E-state index < -0.39 is 0 Å². The third-order valence-corrected chi connectivity index (χ3v) is 2.85. The minimum absolute atomic E-state index is 0.230. The molecule has 1 aromatic heterocycles. The van der Waals surface area contributed by atoms with E-state index in [1.807, 2.05) is 0 Å². The van der Waals surface area contributed by atoms with Crippen molar-refractivity contribution in [2.45, 2.75) is 25.8 Å². The zero-order valence-corrected chi connectivity index (χ0v) is 9.38. The van der Waals surface area contributed by atoms with Gasteiger partial charge in [0.25, 0.3) is 5.56 Å². The molecule has 0 bridgehead atoms. The third kappa shape index (κ3) is 1.88. The molecule has 1 aliphatic rings. The van der Waals surface area contributed by atoms with Crippen LogP contribution >= 0.6 is 0 Å². The van der Waals surface area contributed by atoms with E-state index in [1.165, 1.54) is 12.1 Å². The fourth-order valence-electron chi connectivity index (χ4n) is 1.84. The first-order valence-corrected chi connectivity index (χ1v) is 5.60. The van der Waals surface area contributed by atoms with Crippen molar-refractivity contribution in [1.82, 2.24) is 9.97 Å². The molecule has 1 aliphatic carbocycles. The van der Waals surface area contributed by atoms with Crippen molar-refractivity contribution in [2.24, 2.45) is 0 Å². The summed E-state index contributed by atoms with van der Waals surface area (Å²) < 4.78 is 13.8. The molecule has 2 N–H and O–H groups in total. The average molecular weight is 233 g/mol. The van der Waals surface area contributed by atoms with Gasteiger partial charge in [0.05, 0.1) is 16.6 Å². The average Bonchev–Trinajstić information content (AvgIpc) is 3.04. The van der Waals surface area contributed by atoms with Crippen LogP contribution < -0.4 is 10.9 Å². The Hall–Kier alpha value is -1.91. The molecule has 0 atom stereocenters. The summed E-state index contributed by atoms with van der Waals surface area (Å²) in [4.78, 5) is 18.4. The van der Waals surface area contributed by atoms with Gasteiger partial charge < -0.3 is 10.3 Å². The van der Waals surface area contributed by atoms with Gasteiger partial charge in [-0.2, -0.15) is 0 Å². The molecular weight excluding hydrogens is 221 g/mol. The molecule has 17 heavy (non-hydrogen) atoms. The molecule has 1 fully saturated rings. The molecular formula is C12H12FN3O. The van der Waals surface area contributed by atoms with Crippen LogP contribution in [0.4, 0.5) is 10.1 Å². The van der Waals surface area contributed by atoms with Gasteiger partial charge >= 0.3 is 0 Å². The molecule has 3 rings (SSSR count). The molecule has 0 aliphatic heterocycles. The maximum Gasteiger partial charge on any atom is 0.258 e. The number of nitrogens with one attached hydrogen (secondary N) is 2. The number of H-pyrrole nitrogens is 1. The second kappa shape index (κ2) is 3.55. The predicted molar refractivity (Wildman–Crippen MR) is 63.7 cm³/mol. The van der Waals surface area contributed by atoms with Crippen LogP contribution in [-0.4, -0.2) is 16.0 Å². The van der Waals surface area contributed by atoms with Crippen LogP contribution in [0, 0.1) is 12.7 Å². The minimum Gasteiger partial charge on any atom is -0.380 e. The van der Waals surface area contributed by atoms with E-state index in [0.29, 0.717) is 28.5 Å². The lowest BCUT2D eigenvalue weighted by atomic mass is 10.2. The Morgan fingerprint density at radius 1 is 1.47 bits per heavy atom. The van der Waals surface area contributed by atoms with Gasteiger partial charge in [-0.1, -0.05) is 0 Å². The van der Waals surface area contributed by atoms with Crippen LogP contribution in [0.1, 0.15) is 18.7 Å². The molecule has 4 nitrogen and oxygen atoms in total. The van der Waals surface area contributed by atoms with Crippen LogP contribution in [0.2, 0.25) is 0 Å². The van der Waals surface area contributed by atoms with Gasteiger partial charge in [-0.25, -0.2) is 9.37 Å². The maximum atomic E-state index is 13.8. The number of aryl methyl sites for hydroxylation is 1. The molecule has 0 amide bonds. The number of aromatic amines is 1. The molecule has 5 heteroatoms. The lowest BCUT2D eigenvalue weighted by Gasteiger charge is -2.07. The van der Waals surface area contributed by atoms with Crippen molar-refractivity contribution < 1.29 is 4.39 Å². The Labute approximate surface area is 96.9 Å². The quantitative estimate of drug-likeness (QED) is 0.833. The fraction of sp³-hybridized carbons (Fsp3) is 0.333. The minimum atomic E-state index is -0.359. The summed E-state index contributed by atoms with van der Waals surface area (Å²) in [5.41, 5.74) is 0.549. The van der Waals surface area contributed by atoms with E-state index >= 15 is 0 Å². The highest BCUT2D eigenvalue weighted by molar-refractivity contribution is 5.82. The number of hydrogen-bond acceptors (Lipinski definition) is 3. The van der Waals surface area contributed by atoms with Crippen LogP contribution in [0.25, 0.3) is 10.9 Å². The van der Waals surface area contributed by atoms with Gasteiger partial charge in [0.15, 0.2) is 0 Å². The molecule has 0 unspecified atom stereocenters. The first kappa shape index (κ1) is 10.3. The van der Waals surface area contributed by atoms with E-state index in [1.54, 1.807) is 6.92 Å². The zero-order chi connectivity index (χ0) is 12.0. The van der Waals surface area contributed by atoms with Crippen LogP contribution in [0.3, 0.4) is 0 Å². The largest absolute Gasteiger partial charge is 0.380 e. The van der Waals surface area contributed by atoms with E-state index in [4.69, 9.17) is 0 Å². The van der Waals surface area contributed by atoms with Crippen molar-refractivity contribution in [3.8, 4) is 0 Å². The molecule has 1 heterocycles. The number of fused-ring (bicyclic) bond motifs is 1. The van der Waals surface area contributed by atoms with Crippen molar-refractivity contribution in [3.63, 3.8) is 0 Å². The second-order valence-corrected chi connectivity index (χ2v) is 4.42. The van der Waals surface area contributed by atoms with Gasteiger partial charge in [-0.15, -0.1) is 0 Å². The monoisotopic (exact) mass is 233 g/mol. The molecule has 2 aromatic rings. The Bertz CT molecular complexity index is 646. The number of rotatable bonds is 2. The second-order valence-electron chi connectivity index (χ2n) is 4.42. The van der Waals surface area contributed by atoms with Crippen molar-refractivity contribution in [3.05, 3.63) is 34.1 Å². The lowest BCUT2D eigenvalue weighted by molar-refractivity contribution is 0.631. The normalized spacial score (nSPS) is 15.2. The van der Waals surface area contributed by atoms with Crippen molar-refractivity contribution >= 4 is 16.6 Å². The summed E-state index contributed by atoms with van der Waals surface area (Å²) in [7, 11) is 0. The number of halogens is 1. The summed E-state index contributed by atoms with van der Waals surface area (Å²) in [6.45, 7) is 1.68. The van der Waals surface area contributed by atoms with E-state index in [-0.39, 0.29) is 11.4 Å². The van der Waals surface area contributed by atoms with Gasteiger partial charge in [0, 0.05) is 12.1 Å². The van der Waals surface area contributed by atoms with Crippen molar-refractivity contribution in [1.29, 1.82) is 0 Å². The lowest BCUT2D eigenvalue weighted by Crippen LogP contribution is -2.11. The Morgan fingerprint density at radius 3 is 2.94 bits per heavy atom. The summed E-state index contributed by atoms with van der Waals surface area (Å²) in [5, 5.41) is 3.48. The molecule has 1 saturated carbocycles. The SMILES string of the molecule is Cc1nc2cc(F)c(NC3CC3)cc2c(=O)[nH]1. The Kier molecular flexibility index (Phi) is 2.14. The molecule has 88 valence electrons. The molecule has 0 radical (unpaired) electrons. The number of nitrogens with zero attached hydrogens (tertiary/aromatic N) is 1. The predicted octanol–water partition coefficient (Wildman–Crippen LogP) is 1.94. The van der Waals surface area contributed by atoms with E-state index in [9.17, 15) is 9.18 Å². The van der Waals surface area contributed by atoms with E-state index in [0.717, 1.165) is 12.8 Å². The fourth-order valence-corrected chi connectivity index (χ4v) is 1.84. The molecule has 0 saturated heterocycles. The zero-order valence-electron chi connectivity index (χ0n) is 9.38. The first-order chi connectivity index (χ1) is 8.13. The summed E-state index contributed by atoms with van der Waals surface area (Å²) in [5.74, 6) is 0.131. The Balaban J connectivity index is 2.19. The molecule has 1 aromatic carbocycles. The van der Waals surface area contributed by atoms with Gasteiger partial charge in [-0.3, -0.25) is 4.79 Å². The highest BCUT2D eigenvalue weighted by Gasteiger charge is 2.22. The van der Waals surface area contributed by atoms with Crippen LogP contribution in [0.15, 0.2) is 16.9 Å². The highest BCUT2D eigenvalue weighted by Crippen LogP contribution is 2.27. The summed E-state index contributed by atoms with van der Waals surface area (Å²) >= 11 is 0. The highest BCUT2D eigenvalue weighted by atomic mass is 19.1. The van der Waals surface area contributed by atoms with Gasteiger partial charge in [0.1, 0.15) is 11.6 Å². The summed E-state index contributed by atoms with van der Waals surface area (Å²) in [6, 6.07) is 3.19. The first-order valence-electron chi connectivity index (χ1n) is 5.60. The van der Waals surface area contributed by atoms with Gasteiger partial charge in [-0.05, 0) is 25.8 Å². The van der Waals surface area contributed by atoms with E-state index in [2.05, 4.69) is 15.3 Å². The topological polar surface area (TPSA) is 57.8 Å². The van der Waals surface area contributed by atoms with Crippen LogP contribution in [0.5, 0.6) is 0 Å².